The Bertz CT molecular complexity index is 782. The fraction of sp³-hybridized carbons (Fsp3) is 0.474. The molecule has 0 spiro atoms. The first-order valence-electron chi connectivity index (χ1n) is 8.86. The quantitative estimate of drug-likeness (QED) is 0.739. The maximum Gasteiger partial charge on any atom is 0.311 e. The summed E-state index contributed by atoms with van der Waals surface area (Å²) in [6, 6.07) is 7.82. The van der Waals surface area contributed by atoms with Gasteiger partial charge in [-0.3, -0.25) is 9.59 Å². The van der Waals surface area contributed by atoms with Crippen LogP contribution in [0.25, 0.3) is 0 Å². The number of nitrogens with zero attached hydrogens (tertiary/aromatic N) is 3. The second-order valence-electron chi connectivity index (χ2n) is 6.73. The van der Waals surface area contributed by atoms with Gasteiger partial charge in [-0.1, -0.05) is 38.1 Å². The monoisotopic (exact) mass is 357 g/mol. The Labute approximate surface area is 152 Å². The maximum absolute atomic E-state index is 12.3. The second-order valence-corrected chi connectivity index (χ2v) is 6.73. The molecule has 1 aliphatic heterocycles. The van der Waals surface area contributed by atoms with E-state index in [-0.39, 0.29) is 30.7 Å². The van der Waals surface area contributed by atoms with Crippen molar-refractivity contribution >= 4 is 17.6 Å². The predicted molar refractivity (Wildman–Crippen MR) is 94.5 cm³/mol. The number of rotatable bonds is 6. The molecule has 0 N–H and O–H groups in total. The van der Waals surface area contributed by atoms with Crippen molar-refractivity contribution in [1.29, 1.82) is 0 Å². The molecule has 0 bridgehead atoms. The Kier molecular flexibility index (Phi) is 5.35. The van der Waals surface area contributed by atoms with Gasteiger partial charge in [0.25, 0.3) is 5.89 Å². The summed E-state index contributed by atoms with van der Waals surface area (Å²) in [7, 11) is 0. The van der Waals surface area contributed by atoms with Crippen LogP contribution >= 0.6 is 0 Å². The molecule has 1 atom stereocenters. The minimum atomic E-state index is -0.485. The highest BCUT2D eigenvalue weighted by Crippen LogP contribution is 2.26. The average molecular weight is 357 g/mol. The minimum Gasteiger partial charge on any atom is -0.455 e. The van der Waals surface area contributed by atoms with Crippen molar-refractivity contribution in [2.45, 2.75) is 46.1 Å². The van der Waals surface area contributed by atoms with Gasteiger partial charge in [0.15, 0.2) is 12.4 Å². The van der Waals surface area contributed by atoms with Crippen LogP contribution in [0.2, 0.25) is 0 Å². The third kappa shape index (κ3) is 3.92. The first kappa shape index (κ1) is 18.1. The molecule has 2 aromatic rings. The van der Waals surface area contributed by atoms with Crippen molar-refractivity contribution in [3.8, 4) is 0 Å². The van der Waals surface area contributed by atoms with Crippen LogP contribution < -0.4 is 4.90 Å². The number of amides is 1. The van der Waals surface area contributed by atoms with Crippen LogP contribution in [-0.4, -0.2) is 28.6 Å². The molecule has 0 unspecified atom stereocenters. The zero-order valence-corrected chi connectivity index (χ0v) is 15.3. The van der Waals surface area contributed by atoms with Gasteiger partial charge in [0, 0.05) is 24.6 Å². The van der Waals surface area contributed by atoms with E-state index in [9.17, 15) is 9.59 Å². The third-order valence-corrected chi connectivity index (χ3v) is 4.45. The van der Waals surface area contributed by atoms with Crippen molar-refractivity contribution in [3.63, 3.8) is 0 Å². The molecule has 0 saturated carbocycles. The molecule has 1 aromatic carbocycles. The molecule has 2 heterocycles. The molecule has 0 aliphatic carbocycles. The number of hydrogen-bond donors (Lipinski definition) is 0. The molecule has 1 amide bonds. The van der Waals surface area contributed by atoms with Crippen LogP contribution in [0.5, 0.6) is 0 Å². The summed E-state index contributed by atoms with van der Waals surface area (Å²) in [4.78, 5) is 30.4. The Morgan fingerprint density at radius 3 is 2.69 bits per heavy atom. The Balaban J connectivity index is 1.57. The highest BCUT2D eigenvalue weighted by atomic mass is 16.6. The molecular formula is C19H23N3O4. The molecule has 7 heteroatoms. The van der Waals surface area contributed by atoms with Crippen molar-refractivity contribution in [2.75, 3.05) is 11.4 Å². The number of benzene rings is 1. The number of aromatic nitrogens is 2. The number of carbonyl (C=O) groups is 2. The van der Waals surface area contributed by atoms with Gasteiger partial charge >= 0.3 is 5.97 Å². The Morgan fingerprint density at radius 2 is 2.08 bits per heavy atom. The van der Waals surface area contributed by atoms with Gasteiger partial charge in [-0.2, -0.15) is 4.98 Å². The average Bonchev–Trinajstić information content (AvgIpc) is 3.27. The van der Waals surface area contributed by atoms with Gasteiger partial charge in [-0.05, 0) is 24.1 Å². The fourth-order valence-electron chi connectivity index (χ4n) is 2.84. The molecule has 1 saturated heterocycles. The minimum absolute atomic E-state index is 0.0731. The standard InChI is InChI=1S/C19H23N3O4/c1-4-13-5-7-15(8-6-13)22-10-14(9-17(22)23)19(24)25-11-16-20-18(12(2)3)21-26-16/h5-8,12,14H,4,9-11H2,1-3H3/t14-/m0/s1. The summed E-state index contributed by atoms with van der Waals surface area (Å²) in [6.07, 6.45) is 1.09. The fourth-order valence-corrected chi connectivity index (χ4v) is 2.84. The van der Waals surface area contributed by atoms with Crippen molar-refractivity contribution in [3.05, 3.63) is 41.5 Å². The molecule has 7 nitrogen and oxygen atoms in total. The first-order chi connectivity index (χ1) is 12.5. The van der Waals surface area contributed by atoms with Crippen LogP contribution in [0.3, 0.4) is 0 Å². The van der Waals surface area contributed by atoms with Crippen molar-refractivity contribution < 1.29 is 18.8 Å². The van der Waals surface area contributed by atoms with E-state index in [1.165, 1.54) is 5.56 Å². The number of hydrogen-bond acceptors (Lipinski definition) is 6. The lowest BCUT2D eigenvalue weighted by molar-refractivity contribution is -0.150. The number of aryl methyl sites for hydroxylation is 1. The summed E-state index contributed by atoms with van der Waals surface area (Å²) in [6.45, 7) is 6.23. The summed E-state index contributed by atoms with van der Waals surface area (Å²) in [5, 5.41) is 3.83. The third-order valence-electron chi connectivity index (χ3n) is 4.45. The molecule has 26 heavy (non-hydrogen) atoms. The van der Waals surface area contributed by atoms with E-state index in [0.29, 0.717) is 12.4 Å². The summed E-state index contributed by atoms with van der Waals surface area (Å²) in [5.74, 6) is 0.00254. The Hall–Kier alpha value is -2.70. The predicted octanol–water partition coefficient (Wildman–Crippen LogP) is 2.85. The van der Waals surface area contributed by atoms with Crippen LogP contribution in [0.4, 0.5) is 5.69 Å². The summed E-state index contributed by atoms with van der Waals surface area (Å²) in [5.41, 5.74) is 2.01. The van der Waals surface area contributed by atoms with Gasteiger partial charge in [-0.25, -0.2) is 0 Å². The van der Waals surface area contributed by atoms with Crippen LogP contribution in [0, 0.1) is 5.92 Å². The lowest BCUT2D eigenvalue weighted by Gasteiger charge is -2.16. The lowest BCUT2D eigenvalue weighted by Crippen LogP contribution is -2.26. The molecule has 0 radical (unpaired) electrons. The molecule has 1 aromatic heterocycles. The SMILES string of the molecule is CCc1ccc(N2C[C@@H](C(=O)OCc3nc(C(C)C)no3)CC2=O)cc1. The van der Waals surface area contributed by atoms with E-state index in [0.717, 1.165) is 12.1 Å². The number of esters is 1. The van der Waals surface area contributed by atoms with Crippen LogP contribution in [0.15, 0.2) is 28.8 Å². The number of ether oxygens (including phenoxy) is 1. The maximum atomic E-state index is 12.3. The van der Waals surface area contributed by atoms with Gasteiger partial charge in [0.1, 0.15) is 0 Å². The molecule has 1 fully saturated rings. The van der Waals surface area contributed by atoms with E-state index in [1.807, 2.05) is 38.1 Å². The number of anilines is 1. The normalized spacial score (nSPS) is 17.2. The zero-order chi connectivity index (χ0) is 18.7. The van der Waals surface area contributed by atoms with E-state index >= 15 is 0 Å². The number of carbonyl (C=O) groups excluding carboxylic acids is 2. The first-order valence-corrected chi connectivity index (χ1v) is 8.86. The van der Waals surface area contributed by atoms with E-state index in [4.69, 9.17) is 9.26 Å². The highest BCUT2D eigenvalue weighted by Gasteiger charge is 2.36. The summed E-state index contributed by atoms with van der Waals surface area (Å²) >= 11 is 0. The van der Waals surface area contributed by atoms with Crippen LogP contribution in [0.1, 0.15) is 50.4 Å². The molecular weight excluding hydrogens is 334 g/mol. The zero-order valence-electron chi connectivity index (χ0n) is 15.3. The smallest absolute Gasteiger partial charge is 0.311 e. The summed E-state index contributed by atoms with van der Waals surface area (Å²) < 4.78 is 10.3. The van der Waals surface area contributed by atoms with Crippen molar-refractivity contribution in [2.24, 2.45) is 5.92 Å². The van der Waals surface area contributed by atoms with E-state index in [2.05, 4.69) is 17.1 Å². The van der Waals surface area contributed by atoms with Gasteiger partial charge in [0.2, 0.25) is 5.91 Å². The Morgan fingerprint density at radius 1 is 1.35 bits per heavy atom. The second kappa shape index (κ2) is 7.68. The van der Waals surface area contributed by atoms with Crippen molar-refractivity contribution in [1.82, 2.24) is 10.1 Å². The molecule has 3 rings (SSSR count). The molecule has 138 valence electrons. The lowest BCUT2D eigenvalue weighted by atomic mass is 10.1. The van der Waals surface area contributed by atoms with E-state index in [1.54, 1.807) is 4.90 Å². The van der Waals surface area contributed by atoms with Crippen LogP contribution in [-0.2, 0) is 27.4 Å². The van der Waals surface area contributed by atoms with Gasteiger partial charge in [0.05, 0.1) is 5.92 Å². The van der Waals surface area contributed by atoms with Gasteiger partial charge in [-0.15, -0.1) is 0 Å². The topological polar surface area (TPSA) is 85.5 Å². The molecule has 1 aliphatic rings. The highest BCUT2D eigenvalue weighted by molar-refractivity contribution is 5.99. The van der Waals surface area contributed by atoms with E-state index < -0.39 is 11.9 Å². The largest absolute Gasteiger partial charge is 0.455 e. The van der Waals surface area contributed by atoms with Gasteiger partial charge < -0.3 is 14.2 Å².